The van der Waals surface area contributed by atoms with Crippen molar-refractivity contribution in [2.75, 3.05) is 30.9 Å². The maximum atomic E-state index is 12.5. The van der Waals surface area contributed by atoms with Gasteiger partial charge in [0.15, 0.2) is 5.82 Å². The number of amides is 1. The van der Waals surface area contributed by atoms with Gasteiger partial charge in [-0.2, -0.15) is 0 Å². The molecule has 0 saturated carbocycles. The number of aromatic nitrogens is 2. The number of nitrogens with zero attached hydrogens (tertiary/aromatic N) is 2. The minimum Gasteiger partial charge on any atom is -0.382 e. The van der Waals surface area contributed by atoms with Crippen molar-refractivity contribution in [1.29, 1.82) is 0 Å². The molecule has 0 bridgehead atoms. The molecule has 4 N–H and O–H groups in total. The lowest BCUT2D eigenvalue weighted by molar-refractivity contribution is 0.101. The molecule has 156 valence electrons. The molecule has 1 aromatic carbocycles. The minimum atomic E-state index is -3.27. The summed E-state index contributed by atoms with van der Waals surface area (Å²) in [5, 5.41) is 2.90. The van der Waals surface area contributed by atoms with Crippen molar-refractivity contribution in [2.24, 2.45) is 0 Å². The van der Waals surface area contributed by atoms with Crippen LogP contribution in [0.15, 0.2) is 30.5 Å². The Hall–Kier alpha value is -2.65. The third kappa shape index (κ3) is 5.24. The van der Waals surface area contributed by atoms with E-state index in [9.17, 15) is 13.2 Å². The molecule has 0 saturated heterocycles. The molecule has 1 aliphatic carbocycles. The standard InChI is InChI=1S/C20H27N5O3S/c1-25(2)29(27,28)11-10-14-8-9-17(16(12-14)15-6-4-3-5-7-15)23-20(26)19-22-13-18(21)24-19/h6,8-9,12-13H,3-5,7,10-11,21H2,1-2H3,(H,22,24)(H,23,26). The van der Waals surface area contributed by atoms with Crippen LogP contribution in [-0.2, 0) is 16.4 Å². The summed E-state index contributed by atoms with van der Waals surface area (Å²) in [6.45, 7) is 0. The Morgan fingerprint density at radius 1 is 1.31 bits per heavy atom. The molecule has 8 nitrogen and oxygen atoms in total. The van der Waals surface area contributed by atoms with E-state index in [0.29, 0.717) is 12.1 Å². The van der Waals surface area contributed by atoms with Crippen LogP contribution in [-0.4, -0.2) is 48.4 Å². The van der Waals surface area contributed by atoms with Gasteiger partial charge in [0.1, 0.15) is 5.82 Å². The van der Waals surface area contributed by atoms with Gasteiger partial charge in [-0.1, -0.05) is 12.1 Å². The van der Waals surface area contributed by atoms with Gasteiger partial charge in [0.2, 0.25) is 10.0 Å². The van der Waals surface area contributed by atoms with Crippen LogP contribution >= 0.6 is 0 Å². The van der Waals surface area contributed by atoms with E-state index in [0.717, 1.165) is 36.8 Å². The Labute approximate surface area is 171 Å². The smallest absolute Gasteiger partial charge is 0.291 e. The van der Waals surface area contributed by atoms with E-state index < -0.39 is 10.0 Å². The summed E-state index contributed by atoms with van der Waals surface area (Å²) in [6.07, 6.45) is 8.23. The van der Waals surface area contributed by atoms with Crippen molar-refractivity contribution in [3.8, 4) is 0 Å². The summed E-state index contributed by atoms with van der Waals surface area (Å²) >= 11 is 0. The zero-order chi connectivity index (χ0) is 21.0. The number of sulfonamides is 1. The molecule has 0 aliphatic heterocycles. The first-order chi connectivity index (χ1) is 13.8. The summed E-state index contributed by atoms with van der Waals surface area (Å²) in [5.74, 6) is 0.0629. The molecule has 2 aromatic rings. The Bertz CT molecular complexity index is 1020. The van der Waals surface area contributed by atoms with E-state index in [1.54, 1.807) is 0 Å². The number of hydrogen-bond donors (Lipinski definition) is 3. The molecule has 1 amide bonds. The number of benzene rings is 1. The number of H-pyrrole nitrogens is 1. The molecule has 29 heavy (non-hydrogen) atoms. The van der Waals surface area contributed by atoms with Crippen molar-refractivity contribution in [2.45, 2.75) is 32.1 Å². The first-order valence-corrected chi connectivity index (χ1v) is 11.2. The van der Waals surface area contributed by atoms with Crippen LogP contribution in [0.3, 0.4) is 0 Å². The van der Waals surface area contributed by atoms with E-state index in [2.05, 4.69) is 21.4 Å². The molecular weight excluding hydrogens is 390 g/mol. The number of aromatic amines is 1. The van der Waals surface area contributed by atoms with Crippen LogP contribution in [0, 0.1) is 0 Å². The monoisotopic (exact) mass is 417 g/mol. The van der Waals surface area contributed by atoms with Crippen LogP contribution in [0.4, 0.5) is 11.5 Å². The van der Waals surface area contributed by atoms with Gasteiger partial charge in [0, 0.05) is 31.5 Å². The third-order valence-corrected chi connectivity index (χ3v) is 6.82. The Morgan fingerprint density at radius 2 is 2.10 bits per heavy atom. The Morgan fingerprint density at radius 3 is 2.72 bits per heavy atom. The first-order valence-electron chi connectivity index (χ1n) is 9.61. The lowest BCUT2D eigenvalue weighted by Gasteiger charge is -2.18. The summed E-state index contributed by atoms with van der Waals surface area (Å²) in [5.41, 5.74) is 9.27. The highest BCUT2D eigenvalue weighted by Crippen LogP contribution is 2.33. The zero-order valence-corrected chi connectivity index (χ0v) is 17.6. The van der Waals surface area contributed by atoms with Gasteiger partial charge in [-0.25, -0.2) is 17.7 Å². The number of allylic oxidation sites excluding steroid dienone is 2. The zero-order valence-electron chi connectivity index (χ0n) is 16.7. The molecule has 3 rings (SSSR count). The number of nitrogens with one attached hydrogen (secondary N) is 2. The maximum Gasteiger partial charge on any atom is 0.291 e. The second-order valence-electron chi connectivity index (χ2n) is 7.33. The van der Waals surface area contributed by atoms with Gasteiger partial charge < -0.3 is 16.0 Å². The molecule has 0 radical (unpaired) electrons. The Balaban J connectivity index is 1.87. The number of rotatable bonds is 7. The number of carbonyl (C=O) groups excluding carboxylic acids is 1. The van der Waals surface area contributed by atoms with Gasteiger partial charge >= 0.3 is 0 Å². The quantitative estimate of drug-likeness (QED) is 0.639. The highest BCUT2D eigenvalue weighted by Gasteiger charge is 2.18. The fourth-order valence-electron chi connectivity index (χ4n) is 3.27. The first kappa shape index (κ1) is 21.1. The largest absolute Gasteiger partial charge is 0.382 e. The summed E-state index contributed by atoms with van der Waals surface area (Å²) in [4.78, 5) is 19.2. The molecule has 0 fully saturated rings. The molecule has 0 unspecified atom stereocenters. The number of nitrogen functional groups attached to an aromatic ring is 1. The SMILES string of the molecule is CN(C)S(=O)(=O)CCc1ccc(NC(=O)c2nc(N)c[nH]2)c(C2=CCCCC2)c1. The lowest BCUT2D eigenvalue weighted by Crippen LogP contribution is -2.26. The van der Waals surface area contributed by atoms with Crippen molar-refractivity contribution in [3.05, 3.63) is 47.4 Å². The minimum absolute atomic E-state index is 0.0376. The average molecular weight is 418 g/mol. The number of aryl methyl sites for hydroxylation is 1. The molecule has 1 aliphatic rings. The maximum absolute atomic E-state index is 12.5. The predicted molar refractivity (Wildman–Crippen MR) is 115 cm³/mol. The molecule has 1 heterocycles. The molecule has 0 atom stereocenters. The van der Waals surface area contributed by atoms with Gasteiger partial charge in [0.05, 0.1) is 5.75 Å². The number of carbonyl (C=O) groups is 1. The highest BCUT2D eigenvalue weighted by atomic mass is 32.2. The van der Waals surface area contributed by atoms with Gasteiger partial charge in [-0.05, 0) is 55.4 Å². The Kier molecular flexibility index (Phi) is 6.39. The second kappa shape index (κ2) is 8.79. The van der Waals surface area contributed by atoms with Gasteiger partial charge in [-0.3, -0.25) is 4.79 Å². The van der Waals surface area contributed by atoms with Crippen LogP contribution in [0.2, 0.25) is 0 Å². The van der Waals surface area contributed by atoms with Crippen molar-refractivity contribution in [1.82, 2.24) is 14.3 Å². The number of anilines is 2. The lowest BCUT2D eigenvalue weighted by atomic mass is 9.91. The predicted octanol–water partition coefficient (Wildman–Crippen LogP) is 2.64. The fraction of sp³-hybridized carbons (Fsp3) is 0.400. The fourth-order valence-corrected chi connectivity index (χ4v) is 4.13. The van der Waals surface area contributed by atoms with Crippen molar-refractivity contribution < 1.29 is 13.2 Å². The summed E-state index contributed by atoms with van der Waals surface area (Å²) in [7, 11) is -0.202. The average Bonchev–Trinajstić information content (AvgIpc) is 3.14. The van der Waals surface area contributed by atoms with Gasteiger partial charge in [-0.15, -0.1) is 0 Å². The van der Waals surface area contributed by atoms with E-state index in [1.807, 2.05) is 18.2 Å². The van der Waals surface area contributed by atoms with Crippen LogP contribution in [0.25, 0.3) is 5.57 Å². The van der Waals surface area contributed by atoms with Crippen molar-refractivity contribution in [3.63, 3.8) is 0 Å². The summed E-state index contributed by atoms with van der Waals surface area (Å²) < 4.78 is 25.4. The topological polar surface area (TPSA) is 121 Å². The van der Waals surface area contributed by atoms with E-state index in [4.69, 9.17) is 5.73 Å². The molecular formula is C20H27N5O3S. The molecule has 0 spiro atoms. The molecule has 1 aromatic heterocycles. The third-order valence-electron chi connectivity index (χ3n) is 4.99. The van der Waals surface area contributed by atoms with Crippen LogP contribution < -0.4 is 11.1 Å². The summed E-state index contributed by atoms with van der Waals surface area (Å²) in [6, 6.07) is 5.66. The molecule has 9 heteroatoms. The highest BCUT2D eigenvalue weighted by molar-refractivity contribution is 7.89. The van der Waals surface area contributed by atoms with E-state index in [-0.39, 0.29) is 23.3 Å². The van der Waals surface area contributed by atoms with Crippen LogP contribution in [0.5, 0.6) is 0 Å². The van der Waals surface area contributed by atoms with E-state index in [1.165, 1.54) is 30.2 Å². The second-order valence-corrected chi connectivity index (χ2v) is 9.63. The van der Waals surface area contributed by atoms with Crippen LogP contribution in [0.1, 0.15) is 47.4 Å². The van der Waals surface area contributed by atoms with Gasteiger partial charge in [0.25, 0.3) is 5.91 Å². The normalized spacial score (nSPS) is 14.7. The number of imidazole rings is 1. The van der Waals surface area contributed by atoms with Crippen molar-refractivity contribution >= 4 is 33.0 Å². The van der Waals surface area contributed by atoms with E-state index >= 15 is 0 Å². The number of hydrogen-bond acceptors (Lipinski definition) is 5. The number of nitrogens with two attached hydrogens (primary N) is 1.